The summed E-state index contributed by atoms with van der Waals surface area (Å²) in [6.45, 7) is 4.91. The first-order chi connectivity index (χ1) is 14.1. The molecule has 0 atom stereocenters. The van der Waals surface area contributed by atoms with Gasteiger partial charge in [0.25, 0.3) is 0 Å². The summed E-state index contributed by atoms with van der Waals surface area (Å²) in [7, 11) is -4.43. The summed E-state index contributed by atoms with van der Waals surface area (Å²) in [5, 5.41) is 11.3. The number of nitrogens with zero attached hydrogens (tertiary/aromatic N) is 2. The molecule has 30 heavy (non-hydrogen) atoms. The Kier molecular flexibility index (Phi) is 5.61. The van der Waals surface area contributed by atoms with E-state index in [1.807, 2.05) is 0 Å². The Morgan fingerprint density at radius 2 is 1.73 bits per heavy atom. The van der Waals surface area contributed by atoms with Gasteiger partial charge in [0.1, 0.15) is 16.4 Å². The molecule has 156 valence electrons. The Bertz CT molecular complexity index is 1300. The molecular formula is C20H18N2O7S. The van der Waals surface area contributed by atoms with Crippen molar-refractivity contribution in [1.82, 2.24) is 4.73 Å². The molecule has 0 aliphatic rings. The largest absolute Gasteiger partial charge is 0.462 e. The molecule has 0 aliphatic carbocycles. The molecule has 0 aliphatic heterocycles. The minimum Gasteiger partial charge on any atom is -0.462 e. The molecule has 10 heteroatoms. The molecule has 2 heterocycles. The molecule has 0 amide bonds. The van der Waals surface area contributed by atoms with Crippen LogP contribution < -0.4 is 9.84 Å². The topological polar surface area (TPSA) is 122 Å². The predicted octanol–water partition coefficient (Wildman–Crippen LogP) is 3.26. The van der Waals surface area contributed by atoms with E-state index in [0.29, 0.717) is 16.3 Å². The molecule has 3 aromatic rings. The minimum absolute atomic E-state index is 0.00663. The molecular weight excluding hydrogens is 412 g/mol. The average Bonchev–Trinajstić information content (AvgIpc) is 3.08. The maximum absolute atomic E-state index is 12.7. The molecule has 9 nitrogen and oxygen atoms in total. The summed E-state index contributed by atoms with van der Waals surface area (Å²) in [4.78, 5) is 23.0. The zero-order chi connectivity index (χ0) is 22.1. The van der Waals surface area contributed by atoms with Crippen molar-refractivity contribution in [2.45, 2.75) is 25.7 Å². The third kappa shape index (κ3) is 4.33. The average molecular weight is 430 g/mol. The maximum atomic E-state index is 12.7. The van der Waals surface area contributed by atoms with Crippen molar-refractivity contribution >= 4 is 28.0 Å². The highest BCUT2D eigenvalue weighted by Crippen LogP contribution is 2.18. The van der Waals surface area contributed by atoms with Gasteiger partial charge in [-0.15, -0.1) is 4.73 Å². The second-order valence-corrected chi connectivity index (χ2v) is 8.11. The fourth-order valence-electron chi connectivity index (χ4n) is 2.70. The number of aryl methyl sites for hydroxylation is 3. The Balaban J connectivity index is 2.13. The van der Waals surface area contributed by atoms with Crippen molar-refractivity contribution in [2.24, 2.45) is 0 Å². The molecule has 0 radical (unpaired) electrons. The number of hydrogen-bond donors (Lipinski definition) is 0. The summed E-state index contributed by atoms with van der Waals surface area (Å²) < 4.78 is 36.2. The Morgan fingerprint density at radius 1 is 1.07 bits per heavy atom. The number of nitro groups is 1. The normalized spacial score (nSPS) is 11.7. The molecule has 0 unspecified atom stereocenters. The minimum atomic E-state index is -4.43. The maximum Gasteiger partial charge on any atom is 0.363 e. The van der Waals surface area contributed by atoms with Gasteiger partial charge in [0.2, 0.25) is 0 Å². The number of furan rings is 1. The number of rotatable bonds is 6. The SMILES string of the molecule is Cc1ccc(S(=O)(=O)On2c(/C=C/c3ccc(C)o3)cc(C)c([N+](=O)[O-])c2=O)cc1. The van der Waals surface area contributed by atoms with Crippen molar-refractivity contribution in [2.75, 3.05) is 0 Å². The van der Waals surface area contributed by atoms with Crippen molar-refractivity contribution in [3.05, 3.63) is 91.3 Å². The first-order valence-corrected chi connectivity index (χ1v) is 10.2. The molecule has 0 N–H and O–H groups in total. The van der Waals surface area contributed by atoms with Crippen LogP contribution in [0.15, 0.2) is 56.6 Å². The molecule has 3 rings (SSSR count). The summed E-state index contributed by atoms with van der Waals surface area (Å²) >= 11 is 0. The molecule has 0 bridgehead atoms. The quantitative estimate of drug-likeness (QED) is 0.434. The molecule has 0 saturated carbocycles. The van der Waals surface area contributed by atoms with Gasteiger partial charge in [-0.1, -0.05) is 17.7 Å². The lowest BCUT2D eigenvalue weighted by atomic mass is 10.2. The summed E-state index contributed by atoms with van der Waals surface area (Å²) in [6, 6.07) is 10.5. The molecule has 2 aromatic heterocycles. The lowest BCUT2D eigenvalue weighted by Gasteiger charge is -2.12. The van der Waals surface area contributed by atoms with Crippen LogP contribution in [-0.2, 0) is 10.1 Å². The van der Waals surface area contributed by atoms with E-state index in [-0.39, 0.29) is 16.2 Å². The van der Waals surface area contributed by atoms with Gasteiger partial charge in [-0.05, 0) is 63.3 Å². The van der Waals surface area contributed by atoms with Crippen LogP contribution in [0.2, 0.25) is 0 Å². The molecule has 0 spiro atoms. The highest BCUT2D eigenvalue weighted by Gasteiger charge is 2.26. The van der Waals surface area contributed by atoms with E-state index >= 15 is 0 Å². The number of pyridine rings is 1. The van der Waals surface area contributed by atoms with Gasteiger partial charge in [-0.2, -0.15) is 8.42 Å². The zero-order valence-electron chi connectivity index (χ0n) is 16.4. The van der Waals surface area contributed by atoms with E-state index in [1.54, 1.807) is 38.1 Å². The van der Waals surface area contributed by atoms with Crippen molar-refractivity contribution in [3.8, 4) is 0 Å². The Morgan fingerprint density at radius 3 is 2.30 bits per heavy atom. The monoisotopic (exact) mass is 430 g/mol. The van der Waals surface area contributed by atoms with E-state index in [2.05, 4.69) is 0 Å². The van der Waals surface area contributed by atoms with Crippen molar-refractivity contribution < 1.29 is 22.0 Å². The summed E-state index contributed by atoms with van der Waals surface area (Å²) in [5.41, 5.74) is -1.10. The molecule has 0 saturated heterocycles. The number of hydrogen-bond acceptors (Lipinski definition) is 7. The number of benzene rings is 1. The highest BCUT2D eigenvalue weighted by atomic mass is 32.2. The van der Waals surface area contributed by atoms with Crippen LogP contribution >= 0.6 is 0 Å². The molecule has 0 fully saturated rings. The van der Waals surface area contributed by atoms with E-state index < -0.39 is 26.3 Å². The van der Waals surface area contributed by atoms with E-state index in [4.69, 9.17) is 8.70 Å². The van der Waals surface area contributed by atoms with Gasteiger partial charge in [0.05, 0.1) is 10.6 Å². The fraction of sp³-hybridized carbons (Fsp3) is 0.150. The molecule has 1 aromatic carbocycles. The van der Waals surface area contributed by atoms with Crippen LogP contribution in [0.25, 0.3) is 12.2 Å². The van der Waals surface area contributed by atoms with Crippen LogP contribution in [0.3, 0.4) is 0 Å². The highest BCUT2D eigenvalue weighted by molar-refractivity contribution is 7.87. The van der Waals surface area contributed by atoms with E-state index in [1.165, 1.54) is 37.3 Å². The first-order valence-electron chi connectivity index (χ1n) is 8.76. The Hall–Kier alpha value is -3.66. The first kappa shape index (κ1) is 21.1. The van der Waals surface area contributed by atoms with Crippen LogP contribution in [0.4, 0.5) is 5.69 Å². The third-order valence-corrected chi connectivity index (χ3v) is 5.40. The lowest BCUT2D eigenvalue weighted by molar-refractivity contribution is -0.387. The van der Waals surface area contributed by atoms with E-state index in [0.717, 1.165) is 5.56 Å². The Labute approximate surface area is 172 Å². The summed E-state index contributed by atoms with van der Waals surface area (Å²) in [6.07, 6.45) is 2.87. The standard InChI is InChI=1S/C20H18N2O7S/c1-13-4-10-18(11-5-13)30(26,27)29-21-16(7-9-17-8-6-15(3)28-17)12-14(2)19(20(21)23)22(24)25/h4-12H,1-3H3/b9-7+. The van der Waals surface area contributed by atoms with Gasteiger partial charge in [-0.3, -0.25) is 19.2 Å². The second-order valence-electron chi connectivity index (χ2n) is 6.58. The van der Waals surface area contributed by atoms with Crippen LogP contribution in [0.5, 0.6) is 0 Å². The fourth-order valence-corrected chi connectivity index (χ4v) is 3.61. The van der Waals surface area contributed by atoms with Crippen LogP contribution in [0, 0.1) is 30.9 Å². The predicted molar refractivity (Wildman–Crippen MR) is 109 cm³/mol. The van der Waals surface area contributed by atoms with Gasteiger partial charge in [-0.25, -0.2) is 0 Å². The van der Waals surface area contributed by atoms with Crippen LogP contribution in [-0.4, -0.2) is 18.1 Å². The van der Waals surface area contributed by atoms with Crippen molar-refractivity contribution in [3.63, 3.8) is 0 Å². The van der Waals surface area contributed by atoms with E-state index in [9.17, 15) is 23.3 Å². The zero-order valence-corrected chi connectivity index (χ0v) is 17.2. The van der Waals surface area contributed by atoms with Gasteiger partial charge < -0.3 is 4.42 Å². The smallest absolute Gasteiger partial charge is 0.363 e. The van der Waals surface area contributed by atoms with Crippen LogP contribution in [0.1, 0.15) is 28.3 Å². The summed E-state index contributed by atoms with van der Waals surface area (Å²) in [5.74, 6) is 1.11. The second kappa shape index (κ2) is 7.99. The number of aromatic nitrogens is 1. The van der Waals surface area contributed by atoms with Gasteiger partial charge >= 0.3 is 21.4 Å². The van der Waals surface area contributed by atoms with Crippen molar-refractivity contribution in [1.29, 1.82) is 0 Å². The van der Waals surface area contributed by atoms with Gasteiger partial charge in [0, 0.05) is 5.56 Å². The third-order valence-electron chi connectivity index (χ3n) is 4.20. The van der Waals surface area contributed by atoms with Gasteiger partial charge in [0.15, 0.2) is 0 Å². The lowest BCUT2D eigenvalue weighted by Crippen LogP contribution is -2.34.